The first-order valence-electron chi connectivity index (χ1n) is 9.40. The molecule has 0 unspecified atom stereocenters. The van der Waals surface area contributed by atoms with Crippen molar-refractivity contribution in [1.82, 2.24) is 14.9 Å². The van der Waals surface area contributed by atoms with Crippen LogP contribution in [0.5, 0.6) is 0 Å². The van der Waals surface area contributed by atoms with Crippen LogP contribution in [0.1, 0.15) is 56.4 Å². The molecule has 2 heterocycles. The van der Waals surface area contributed by atoms with Gasteiger partial charge in [-0.25, -0.2) is 4.98 Å². The number of aromatic nitrogens is 2. The minimum Gasteiger partial charge on any atom is -0.354 e. The average Bonchev–Trinajstić information content (AvgIpc) is 3.18. The average molecular weight is 362 g/mol. The van der Waals surface area contributed by atoms with Gasteiger partial charge in [0, 0.05) is 11.4 Å². The Balaban J connectivity index is 1.67. The third kappa shape index (κ3) is 3.94. The monoisotopic (exact) mass is 361 g/mol. The lowest BCUT2D eigenvalue weighted by molar-refractivity contribution is -0.121. The predicted molar refractivity (Wildman–Crippen MR) is 102 cm³/mol. The minimum absolute atomic E-state index is 0.0522. The molecule has 0 spiro atoms. The molecule has 1 atom stereocenters. The van der Waals surface area contributed by atoms with Gasteiger partial charge in [-0.2, -0.15) is 0 Å². The van der Waals surface area contributed by atoms with E-state index in [0.29, 0.717) is 12.5 Å². The van der Waals surface area contributed by atoms with Crippen LogP contribution >= 0.6 is 11.3 Å². The lowest BCUT2D eigenvalue weighted by atomic mass is 9.99. The van der Waals surface area contributed by atoms with Crippen LogP contribution in [0.2, 0.25) is 0 Å². The number of aryl methyl sites for hydroxylation is 2. The molecular formula is C19H27N3O2S. The van der Waals surface area contributed by atoms with Crippen molar-refractivity contribution in [3.63, 3.8) is 0 Å². The molecule has 25 heavy (non-hydrogen) atoms. The molecule has 0 bridgehead atoms. The number of carbonyl (C=O) groups is 1. The van der Waals surface area contributed by atoms with E-state index in [2.05, 4.69) is 24.1 Å². The van der Waals surface area contributed by atoms with Crippen molar-refractivity contribution >= 4 is 27.5 Å². The van der Waals surface area contributed by atoms with E-state index in [1.165, 1.54) is 28.6 Å². The van der Waals surface area contributed by atoms with Gasteiger partial charge in [0.15, 0.2) is 0 Å². The number of unbranched alkanes of at least 4 members (excludes halogenated alkanes) is 1. The molecule has 0 fully saturated rings. The van der Waals surface area contributed by atoms with Gasteiger partial charge in [-0.1, -0.05) is 33.1 Å². The topological polar surface area (TPSA) is 64.0 Å². The predicted octanol–water partition coefficient (Wildman–Crippen LogP) is 3.28. The van der Waals surface area contributed by atoms with Crippen LogP contribution in [0, 0.1) is 5.92 Å². The quantitative estimate of drug-likeness (QED) is 0.785. The fourth-order valence-electron chi connectivity index (χ4n) is 3.54. The summed E-state index contributed by atoms with van der Waals surface area (Å²) in [5, 5.41) is 3.73. The van der Waals surface area contributed by atoms with E-state index >= 15 is 0 Å². The van der Waals surface area contributed by atoms with E-state index < -0.39 is 0 Å². The van der Waals surface area contributed by atoms with Crippen LogP contribution in [-0.4, -0.2) is 22.0 Å². The number of hydrogen-bond acceptors (Lipinski definition) is 4. The van der Waals surface area contributed by atoms with Crippen molar-refractivity contribution in [2.75, 3.05) is 6.54 Å². The Hall–Kier alpha value is -1.69. The summed E-state index contributed by atoms with van der Waals surface area (Å²) in [4.78, 5) is 31.6. The molecule has 2 aromatic heterocycles. The number of nitrogens with zero attached hydrogens (tertiary/aromatic N) is 2. The van der Waals surface area contributed by atoms with Gasteiger partial charge in [0.05, 0.1) is 11.7 Å². The number of hydrogen-bond donors (Lipinski definition) is 1. The van der Waals surface area contributed by atoms with E-state index in [1.54, 1.807) is 11.3 Å². The zero-order valence-electron chi connectivity index (χ0n) is 15.1. The van der Waals surface area contributed by atoms with Crippen LogP contribution in [0.3, 0.4) is 0 Å². The molecular weight excluding hydrogens is 334 g/mol. The van der Waals surface area contributed by atoms with Gasteiger partial charge in [0.25, 0.3) is 5.56 Å². The molecule has 2 aromatic rings. The summed E-state index contributed by atoms with van der Waals surface area (Å²) in [5.41, 5.74) is 1.09. The minimum atomic E-state index is -0.106. The first-order chi connectivity index (χ1) is 12.1. The van der Waals surface area contributed by atoms with Gasteiger partial charge >= 0.3 is 0 Å². The van der Waals surface area contributed by atoms with E-state index in [4.69, 9.17) is 0 Å². The van der Waals surface area contributed by atoms with Gasteiger partial charge in [-0.3, -0.25) is 14.2 Å². The van der Waals surface area contributed by atoms with Crippen molar-refractivity contribution in [2.45, 2.75) is 65.3 Å². The molecule has 0 radical (unpaired) electrons. The summed E-state index contributed by atoms with van der Waals surface area (Å²) >= 11 is 1.63. The summed E-state index contributed by atoms with van der Waals surface area (Å²) < 4.78 is 1.45. The summed E-state index contributed by atoms with van der Waals surface area (Å²) in [6, 6.07) is 0. The molecule has 0 saturated heterocycles. The largest absolute Gasteiger partial charge is 0.354 e. The number of amides is 1. The second-order valence-corrected chi connectivity index (χ2v) is 8.02. The Bertz CT molecular complexity index is 809. The standard InChI is InChI=1S/C19H27N3O2S/c1-3-5-7-13(4-2)10-20-16(23)11-22-12-21-18-17(19(22)24)14-8-6-9-15(14)25-18/h12-13H,3-11H2,1-2H3,(H,20,23)/t13-/m1/s1. The highest BCUT2D eigenvalue weighted by atomic mass is 32.1. The fraction of sp³-hybridized carbons (Fsp3) is 0.632. The van der Waals surface area contributed by atoms with Gasteiger partial charge in [-0.05, 0) is 37.2 Å². The normalized spacial score (nSPS) is 14.6. The second-order valence-electron chi connectivity index (χ2n) is 6.94. The van der Waals surface area contributed by atoms with Crippen molar-refractivity contribution in [3.05, 3.63) is 27.1 Å². The Morgan fingerprint density at radius 3 is 3.00 bits per heavy atom. The Morgan fingerprint density at radius 2 is 2.24 bits per heavy atom. The number of carbonyl (C=O) groups excluding carboxylic acids is 1. The zero-order chi connectivity index (χ0) is 17.8. The highest BCUT2D eigenvalue weighted by Crippen LogP contribution is 2.34. The molecule has 5 nitrogen and oxygen atoms in total. The summed E-state index contributed by atoms with van der Waals surface area (Å²) in [5.74, 6) is 0.409. The molecule has 136 valence electrons. The highest BCUT2D eigenvalue weighted by Gasteiger charge is 2.21. The summed E-state index contributed by atoms with van der Waals surface area (Å²) in [6.45, 7) is 5.08. The van der Waals surface area contributed by atoms with Crippen molar-refractivity contribution < 1.29 is 4.79 Å². The third-order valence-corrected chi connectivity index (χ3v) is 6.34. The third-order valence-electron chi connectivity index (χ3n) is 5.14. The Kier molecular flexibility index (Phi) is 5.89. The molecule has 1 aliphatic rings. The van der Waals surface area contributed by atoms with Gasteiger partial charge in [-0.15, -0.1) is 11.3 Å². The number of rotatable bonds is 8. The van der Waals surface area contributed by atoms with Gasteiger partial charge in [0.1, 0.15) is 11.4 Å². The van der Waals surface area contributed by atoms with Crippen LogP contribution < -0.4 is 10.9 Å². The molecule has 0 saturated carbocycles. The molecule has 1 amide bonds. The van der Waals surface area contributed by atoms with E-state index in [0.717, 1.165) is 47.9 Å². The van der Waals surface area contributed by atoms with E-state index in [1.807, 2.05) is 0 Å². The smallest absolute Gasteiger partial charge is 0.262 e. The van der Waals surface area contributed by atoms with Gasteiger partial charge in [0.2, 0.25) is 5.91 Å². The van der Waals surface area contributed by atoms with Crippen LogP contribution in [-0.2, 0) is 24.2 Å². The lowest BCUT2D eigenvalue weighted by Gasteiger charge is -2.15. The van der Waals surface area contributed by atoms with Gasteiger partial charge < -0.3 is 5.32 Å². The first kappa shape index (κ1) is 18.1. The maximum Gasteiger partial charge on any atom is 0.262 e. The summed E-state index contributed by atoms with van der Waals surface area (Å²) in [7, 11) is 0. The van der Waals surface area contributed by atoms with Crippen LogP contribution in [0.4, 0.5) is 0 Å². The molecule has 0 aromatic carbocycles. The zero-order valence-corrected chi connectivity index (χ0v) is 16.0. The maximum absolute atomic E-state index is 12.8. The lowest BCUT2D eigenvalue weighted by Crippen LogP contribution is -2.35. The molecule has 1 aliphatic carbocycles. The maximum atomic E-state index is 12.8. The van der Waals surface area contributed by atoms with E-state index in [9.17, 15) is 9.59 Å². The van der Waals surface area contributed by atoms with Crippen LogP contribution in [0.25, 0.3) is 10.2 Å². The SMILES string of the molecule is CCCC[C@@H](CC)CNC(=O)Cn1cnc2sc3c(c2c1=O)CCC3. The molecule has 3 rings (SSSR count). The highest BCUT2D eigenvalue weighted by molar-refractivity contribution is 7.18. The molecule has 6 heteroatoms. The number of fused-ring (bicyclic) bond motifs is 3. The van der Waals surface area contributed by atoms with Crippen molar-refractivity contribution in [3.8, 4) is 0 Å². The first-order valence-corrected chi connectivity index (χ1v) is 10.2. The Morgan fingerprint density at radius 1 is 1.40 bits per heavy atom. The summed E-state index contributed by atoms with van der Waals surface area (Å²) in [6.07, 6.45) is 9.21. The number of thiophene rings is 1. The van der Waals surface area contributed by atoms with E-state index in [-0.39, 0.29) is 18.0 Å². The molecule has 1 N–H and O–H groups in total. The second kappa shape index (κ2) is 8.13. The van der Waals surface area contributed by atoms with Crippen LogP contribution in [0.15, 0.2) is 11.1 Å². The van der Waals surface area contributed by atoms with Crippen molar-refractivity contribution in [2.24, 2.45) is 5.92 Å². The molecule has 0 aliphatic heterocycles. The fourth-order valence-corrected chi connectivity index (χ4v) is 4.76. The Labute approximate surface area is 152 Å². The number of nitrogens with one attached hydrogen (secondary N) is 1. The van der Waals surface area contributed by atoms with Crippen molar-refractivity contribution in [1.29, 1.82) is 0 Å².